The number of carbonyl (C=O) groups is 1. The molecule has 0 aliphatic heterocycles. The van der Waals surface area contributed by atoms with Gasteiger partial charge < -0.3 is 15.0 Å². The Bertz CT molecular complexity index is 1190. The highest BCUT2D eigenvalue weighted by atomic mass is 35.5. The first-order valence-electron chi connectivity index (χ1n) is 8.40. The summed E-state index contributed by atoms with van der Waals surface area (Å²) in [5, 5.41) is 8.26. The molecule has 3 aromatic rings. The van der Waals surface area contributed by atoms with Gasteiger partial charge in [-0.3, -0.25) is 14.7 Å². The third-order valence-electron chi connectivity index (χ3n) is 4.00. The van der Waals surface area contributed by atoms with Gasteiger partial charge in [-0.05, 0) is 31.2 Å². The highest BCUT2D eigenvalue weighted by Crippen LogP contribution is 2.32. The second-order valence-electron chi connectivity index (χ2n) is 6.25. The lowest BCUT2D eigenvalue weighted by atomic mass is 10.1. The molecule has 13 heteroatoms. The van der Waals surface area contributed by atoms with Gasteiger partial charge in [0.15, 0.2) is 11.8 Å². The summed E-state index contributed by atoms with van der Waals surface area (Å²) in [7, 11) is 0. The van der Waals surface area contributed by atoms with Crippen LogP contribution in [-0.2, 0) is 0 Å². The summed E-state index contributed by atoms with van der Waals surface area (Å²) in [5.74, 6) is -2.56. The van der Waals surface area contributed by atoms with Crippen LogP contribution < -0.4 is 15.6 Å². The van der Waals surface area contributed by atoms with Crippen molar-refractivity contribution in [2.75, 3.05) is 11.9 Å². The second kappa shape index (κ2) is 8.60. The summed E-state index contributed by atoms with van der Waals surface area (Å²) in [4.78, 5) is 26.7. The largest absolute Gasteiger partial charge is 0.483 e. The van der Waals surface area contributed by atoms with Gasteiger partial charge in [-0.25, -0.2) is 4.39 Å². The van der Waals surface area contributed by atoms with E-state index in [0.29, 0.717) is 11.8 Å². The van der Waals surface area contributed by atoms with Gasteiger partial charge >= 0.3 is 6.18 Å². The average molecular weight is 479 g/mol. The lowest BCUT2D eigenvalue weighted by Gasteiger charge is -2.15. The smallest absolute Gasteiger partial charge is 0.422 e. The normalized spacial score (nSPS) is 11.5. The van der Waals surface area contributed by atoms with E-state index in [9.17, 15) is 27.2 Å². The molecule has 0 aliphatic carbocycles. The van der Waals surface area contributed by atoms with Crippen LogP contribution in [0, 0.1) is 12.7 Å². The Kier molecular flexibility index (Phi) is 6.27. The molecular weight excluding hydrogens is 467 g/mol. The fourth-order valence-electron chi connectivity index (χ4n) is 2.55. The molecule has 0 radical (unpaired) electrons. The number of rotatable bonds is 5. The Morgan fingerprint density at radius 1 is 1.26 bits per heavy atom. The zero-order valence-corrected chi connectivity index (χ0v) is 17.0. The van der Waals surface area contributed by atoms with Crippen molar-refractivity contribution in [3.8, 4) is 17.0 Å². The summed E-state index contributed by atoms with van der Waals surface area (Å²) in [6, 6.07) is 4.01. The van der Waals surface area contributed by atoms with E-state index in [1.54, 1.807) is 0 Å². The number of H-pyrrole nitrogens is 2. The van der Waals surface area contributed by atoms with E-state index in [4.69, 9.17) is 27.9 Å². The number of nitrogens with zero attached hydrogens (tertiary/aromatic N) is 1. The maximum Gasteiger partial charge on any atom is 0.422 e. The van der Waals surface area contributed by atoms with E-state index < -0.39 is 41.4 Å². The SMILES string of the molecule is Cc1[nH]nc(Cl)c1NC(=O)c1cc(F)c(-c2ccc(Cl)c(=O)[nH]2)cc1OCC(F)(F)F. The zero-order valence-electron chi connectivity index (χ0n) is 15.5. The highest BCUT2D eigenvalue weighted by Gasteiger charge is 2.30. The molecule has 164 valence electrons. The standard InChI is InChI=1S/C18H12Cl2F4N4O3/c1-7-14(15(20)28-27-7)26-16(29)9-4-11(21)8(5-13(9)31-6-18(22,23)24)12-3-2-10(19)17(30)25-12/h2-5H,6H2,1H3,(H,25,30)(H,26,29)(H,27,28). The Balaban J connectivity index is 2.06. The third kappa shape index (κ3) is 5.17. The van der Waals surface area contributed by atoms with Crippen molar-refractivity contribution in [3.05, 3.63) is 61.9 Å². The summed E-state index contributed by atoms with van der Waals surface area (Å²) in [5.41, 5.74) is -1.21. The van der Waals surface area contributed by atoms with Crippen LogP contribution in [0.5, 0.6) is 5.75 Å². The number of hydrogen-bond donors (Lipinski definition) is 3. The van der Waals surface area contributed by atoms with Gasteiger partial charge in [0.2, 0.25) is 0 Å². The van der Waals surface area contributed by atoms with E-state index in [1.807, 2.05) is 0 Å². The first-order chi connectivity index (χ1) is 14.5. The van der Waals surface area contributed by atoms with Crippen molar-refractivity contribution in [2.24, 2.45) is 0 Å². The summed E-state index contributed by atoms with van der Waals surface area (Å²) >= 11 is 11.5. The number of anilines is 1. The predicted molar refractivity (Wildman–Crippen MR) is 105 cm³/mol. The highest BCUT2D eigenvalue weighted by molar-refractivity contribution is 6.33. The predicted octanol–water partition coefficient (Wildman–Crippen LogP) is 4.71. The Morgan fingerprint density at radius 2 is 1.97 bits per heavy atom. The summed E-state index contributed by atoms with van der Waals surface area (Å²) in [6.07, 6.45) is -4.72. The molecule has 0 bridgehead atoms. The molecule has 1 amide bonds. The van der Waals surface area contributed by atoms with Gasteiger partial charge in [-0.15, -0.1) is 0 Å². The second-order valence-corrected chi connectivity index (χ2v) is 7.01. The molecule has 0 spiro atoms. The molecule has 1 aromatic carbocycles. The minimum absolute atomic E-state index is 0.0694. The van der Waals surface area contributed by atoms with Crippen LogP contribution in [0.1, 0.15) is 16.1 Å². The van der Waals surface area contributed by atoms with Crippen molar-refractivity contribution in [1.29, 1.82) is 0 Å². The number of amides is 1. The quantitative estimate of drug-likeness (QED) is 0.462. The molecule has 0 saturated carbocycles. The third-order valence-corrected chi connectivity index (χ3v) is 4.57. The number of hydrogen-bond acceptors (Lipinski definition) is 4. The number of aryl methyl sites for hydroxylation is 1. The number of pyridine rings is 1. The Morgan fingerprint density at radius 3 is 2.55 bits per heavy atom. The van der Waals surface area contributed by atoms with E-state index in [-0.39, 0.29) is 27.1 Å². The summed E-state index contributed by atoms with van der Waals surface area (Å²) < 4.78 is 57.6. The van der Waals surface area contributed by atoms with Crippen molar-refractivity contribution < 1.29 is 27.1 Å². The molecule has 3 rings (SSSR count). The lowest BCUT2D eigenvalue weighted by molar-refractivity contribution is -0.153. The maximum atomic E-state index is 14.8. The van der Waals surface area contributed by atoms with Crippen LogP contribution in [0.4, 0.5) is 23.2 Å². The molecule has 0 unspecified atom stereocenters. The molecule has 7 nitrogen and oxygen atoms in total. The van der Waals surface area contributed by atoms with E-state index >= 15 is 0 Å². The molecule has 0 aliphatic rings. The van der Waals surface area contributed by atoms with E-state index in [1.165, 1.54) is 19.1 Å². The number of halogens is 6. The minimum Gasteiger partial charge on any atom is -0.483 e. The van der Waals surface area contributed by atoms with Crippen LogP contribution in [0.15, 0.2) is 29.1 Å². The first kappa shape index (κ1) is 22.6. The number of nitrogens with one attached hydrogen (secondary N) is 3. The molecule has 0 saturated heterocycles. The van der Waals surface area contributed by atoms with Crippen molar-refractivity contribution in [1.82, 2.24) is 15.2 Å². The minimum atomic E-state index is -4.72. The van der Waals surface area contributed by atoms with Gasteiger partial charge in [0.05, 0.1) is 17.0 Å². The Hall–Kier alpha value is -3.05. The lowest BCUT2D eigenvalue weighted by Crippen LogP contribution is -2.21. The van der Waals surface area contributed by atoms with Crippen LogP contribution in [0.3, 0.4) is 0 Å². The molecule has 0 atom stereocenters. The van der Waals surface area contributed by atoms with Crippen LogP contribution in [0.2, 0.25) is 10.2 Å². The monoisotopic (exact) mass is 478 g/mol. The topological polar surface area (TPSA) is 99.9 Å². The molecule has 31 heavy (non-hydrogen) atoms. The van der Waals surface area contributed by atoms with Crippen molar-refractivity contribution in [2.45, 2.75) is 13.1 Å². The molecule has 0 fully saturated rings. The van der Waals surface area contributed by atoms with Crippen molar-refractivity contribution >= 4 is 34.8 Å². The van der Waals surface area contributed by atoms with Gasteiger partial charge in [0, 0.05) is 5.56 Å². The Labute approximate surface area is 181 Å². The number of carbonyl (C=O) groups excluding carboxylic acids is 1. The van der Waals surface area contributed by atoms with Crippen LogP contribution in [0.25, 0.3) is 11.3 Å². The number of benzene rings is 1. The number of aromatic amines is 2. The van der Waals surface area contributed by atoms with Crippen LogP contribution >= 0.6 is 23.2 Å². The fourth-order valence-corrected chi connectivity index (χ4v) is 2.90. The fraction of sp³-hybridized carbons (Fsp3) is 0.167. The number of ether oxygens (including phenoxy) is 1. The van der Waals surface area contributed by atoms with Crippen LogP contribution in [-0.4, -0.2) is 33.9 Å². The molecule has 3 N–H and O–H groups in total. The van der Waals surface area contributed by atoms with Crippen molar-refractivity contribution in [3.63, 3.8) is 0 Å². The summed E-state index contributed by atoms with van der Waals surface area (Å²) in [6.45, 7) is -0.197. The number of alkyl halides is 3. The zero-order chi connectivity index (χ0) is 22.9. The van der Waals surface area contributed by atoms with Gasteiger partial charge in [0.25, 0.3) is 11.5 Å². The molecule has 2 heterocycles. The molecular formula is C18H12Cl2F4N4O3. The average Bonchev–Trinajstić information content (AvgIpc) is 3.00. The van der Waals surface area contributed by atoms with E-state index in [0.717, 1.165) is 6.07 Å². The van der Waals surface area contributed by atoms with E-state index in [2.05, 4.69) is 20.5 Å². The first-order valence-corrected chi connectivity index (χ1v) is 9.16. The van der Waals surface area contributed by atoms with Gasteiger partial charge in [-0.2, -0.15) is 18.3 Å². The van der Waals surface area contributed by atoms with Gasteiger partial charge in [-0.1, -0.05) is 23.2 Å². The molecule has 2 aromatic heterocycles. The van der Waals surface area contributed by atoms with Gasteiger partial charge in [0.1, 0.15) is 22.3 Å². The number of aromatic nitrogens is 3. The maximum absolute atomic E-state index is 14.8.